The first-order valence-corrected chi connectivity index (χ1v) is 10.7. The zero-order valence-electron chi connectivity index (χ0n) is 18.3. The van der Waals surface area contributed by atoms with Crippen LogP contribution in [0.2, 0.25) is 0 Å². The molecule has 0 atom stereocenters. The molecule has 162 valence electrons. The van der Waals surface area contributed by atoms with Gasteiger partial charge in [-0.25, -0.2) is 0 Å². The molecule has 1 heterocycles. The van der Waals surface area contributed by atoms with Crippen molar-refractivity contribution in [2.75, 3.05) is 19.0 Å². The first kappa shape index (κ1) is 22.3. The van der Waals surface area contributed by atoms with Crippen molar-refractivity contribution >= 4 is 34.0 Å². The first-order valence-electron chi connectivity index (χ1n) is 10.7. The fraction of sp³-hybridized carbons (Fsp3) is 0.320. The van der Waals surface area contributed by atoms with Crippen molar-refractivity contribution in [1.29, 1.82) is 0 Å². The van der Waals surface area contributed by atoms with Gasteiger partial charge in [0.25, 0.3) is 0 Å². The van der Waals surface area contributed by atoms with Gasteiger partial charge in [-0.3, -0.25) is 14.6 Å². The van der Waals surface area contributed by atoms with Crippen LogP contribution in [-0.2, 0) is 11.2 Å². The van der Waals surface area contributed by atoms with Crippen LogP contribution in [-0.4, -0.2) is 30.3 Å². The van der Waals surface area contributed by atoms with Crippen LogP contribution in [0, 0.1) is 0 Å². The van der Waals surface area contributed by atoms with Gasteiger partial charge in [0.05, 0.1) is 30.3 Å². The summed E-state index contributed by atoms with van der Waals surface area (Å²) in [4.78, 5) is 29.6. The van der Waals surface area contributed by atoms with E-state index >= 15 is 0 Å². The van der Waals surface area contributed by atoms with E-state index in [1.165, 1.54) is 0 Å². The Balaban J connectivity index is 2.08. The maximum Gasteiger partial charge on any atom is 0.224 e. The molecule has 0 spiro atoms. The smallest absolute Gasteiger partial charge is 0.224 e. The highest BCUT2D eigenvalue weighted by molar-refractivity contribution is 6.09. The van der Waals surface area contributed by atoms with E-state index in [1.807, 2.05) is 49.4 Å². The number of methoxy groups -OCH3 is 1. The van der Waals surface area contributed by atoms with Gasteiger partial charge in [0, 0.05) is 41.9 Å². The van der Waals surface area contributed by atoms with Crippen LogP contribution in [0.3, 0.4) is 0 Å². The number of pyridine rings is 1. The van der Waals surface area contributed by atoms with Crippen LogP contribution in [0.25, 0.3) is 10.9 Å². The van der Waals surface area contributed by atoms with Crippen LogP contribution in [0.5, 0.6) is 5.75 Å². The first-order chi connectivity index (χ1) is 15.1. The predicted octanol–water partition coefficient (Wildman–Crippen LogP) is 5.04. The molecule has 0 fully saturated rings. The topological polar surface area (TPSA) is 80.3 Å². The molecule has 1 amide bonds. The molecule has 3 aromatic rings. The van der Waals surface area contributed by atoms with Gasteiger partial charge in [-0.1, -0.05) is 38.5 Å². The summed E-state index contributed by atoms with van der Waals surface area (Å²) in [5.41, 5.74) is 3.54. The second kappa shape index (κ2) is 10.6. The molecule has 0 radical (unpaired) electrons. The van der Waals surface area contributed by atoms with Crippen molar-refractivity contribution in [1.82, 2.24) is 10.3 Å². The minimum atomic E-state index is -0.0579. The predicted molar refractivity (Wildman–Crippen MR) is 124 cm³/mol. The van der Waals surface area contributed by atoms with E-state index in [4.69, 9.17) is 4.74 Å². The third-order valence-corrected chi connectivity index (χ3v) is 5.14. The number of carbonyl (C=O) groups excluding carboxylic acids is 2. The molecule has 0 aliphatic carbocycles. The lowest BCUT2D eigenvalue weighted by atomic mass is 10.0. The van der Waals surface area contributed by atoms with Gasteiger partial charge < -0.3 is 15.4 Å². The number of carbonyl (C=O) groups is 2. The monoisotopic (exact) mass is 419 g/mol. The number of para-hydroxylation sites is 1. The number of amides is 1. The molecule has 0 saturated heterocycles. The number of ether oxygens (including phenoxy) is 1. The summed E-state index contributed by atoms with van der Waals surface area (Å²) in [5.74, 6) is 0.547. The highest BCUT2D eigenvalue weighted by atomic mass is 16.5. The molecule has 0 aliphatic heterocycles. The van der Waals surface area contributed by atoms with Crippen molar-refractivity contribution in [3.05, 3.63) is 59.8 Å². The Kier molecular flexibility index (Phi) is 7.60. The molecular weight excluding hydrogens is 390 g/mol. The van der Waals surface area contributed by atoms with Crippen molar-refractivity contribution < 1.29 is 14.3 Å². The van der Waals surface area contributed by atoms with E-state index in [0.717, 1.165) is 29.5 Å². The second-order valence-electron chi connectivity index (χ2n) is 7.38. The average Bonchev–Trinajstić information content (AvgIpc) is 2.79. The number of anilines is 2. The Bertz CT molecular complexity index is 1060. The molecule has 6 nitrogen and oxygen atoms in total. The van der Waals surface area contributed by atoms with E-state index in [0.29, 0.717) is 35.5 Å². The molecule has 2 N–H and O–H groups in total. The minimum absolute atomic E-state index is 0.00232. The molecule has 0 unspecified atom stereocenters. The van der Waals surface area contributed by atoms with Crippen LogP contribution < -0.4 is 15.4 Å². The maximum atomic E-state index is 12.6. The molecular formula is C25H29N3O3. The number of hydrogen-bond acceptors (Lipinski definition) is 5. The fourth-order valence-electron chi connectivity index (χ4n) is 3.44. The van der Waals surface area contributed by atoms with Gasteiger partial charge in [0.2, 0.25) is 5.91 Å². The zero-order chi connectivity index (χ0) is 22.2. The fourth-order valence-corrected chi connectivity index (χ4v) is 3.44. The number of nitrogens with one attached hydrogen (secondary N) is 2. The highest BCUT2D eigenvalue weighted by Crippen LogP contribution is 2.34. The average molecular weight is 420 g/mol. The molecule has 3 rings (SSSR count). The van der Waals surface area contributed by atoms with E-state index in [-0.39, 0.29) is 18.1 Å². The molecule has 0 saturated carbocycles. The molecule has 6 heteroatoms. The molecule has 0 aliphatic rings. The normalized spacial score (nSPS) is 10.7. The molecule has 31 heavy (non-hydrogen) atoms. The number of unbranched alkanes of at least 4 members (excludes halogenated alkanes) is 1. The van der Waals surface area contributed by atoms with E-state index in [2.05, 4.69) is 22.5 Å². The van der Waals surface area contributed by atoms with Gasteiger partial charge in [-0.05, 0) is 24.6 Å². The summed E-state index contributed by atoms with van der Waals surface area (Å²) >= 11 is 0. The van der Waals surface area contributed by atoms with Crippen molar-refractivity contribution in [3.8, 4) is 5.75 Å². The Morgan fingerprint density at radius 1 is 1.10 bits per heavy atom. The number of aromatic nitrogens is 1. The summed E-state index contributed by atoms with van der Waals surface area (Å²) in [6.07, 6.45) is 4.14. The van der Waals surface area contributed by atoms with Crippen molar-refractivity contribution in [3.63, 3.8) is 0 Å². The van der Waals surface area contributed by atoms with Gasteiger partial charge in [-0.15, -0.1) is 0 Å². The summed E-state index contributed by atoms with van der Waals surface area (Å²) in [6, 6.07) is 13.4. The lowest BCUT2D eigenvalue weighted by Gasteiger charge is -2.16. The summed E-state index contributed by atoms with van der Waals surface area (Å²) in [5, 5.41) is 7.11. The van der Waals surface area contributed by atoms with Gasteiger partial charge in [-0.2, -0.15) is 0 Å². The van der Waals surface area contributed by atoms with Crippen LogP contribution in [0.15, 0.2) is 48.7 Å². The number of Topliss-reactive ketones (excluding diaryl/α,β-unsaturated/α-hetero) is 1. The quantitative estimate of drug-likeness (QED) is 0.355. The van der Waals surface area contributed by atoms with Crippen LogP contribution in [0.1, 0.15) is 49.0 Å². The molecule has 1 aromatic heterocycles. The van der Waals surface area contributed by atoms with Crippen LogP contribution >= 0.6 is 0 Å². The summed E-state index contributed by atoms with van der Waals surface area (Å²) < 4.78 is 5.53. The standard InChI is InChI=1S/C25H29N3O3/c1-4-6-12-26-24(30)14-17-13-19-21(15-23(17)31-3)27-16-20(22(29)5-2)25(19)28-18-10-8-7-9-11-18/h7-11,13,15-16H,4-6,12,14H2,1-3H3,(H,26,30)(H,27,28). The van der Waals surface area contributed by atoms with Gasteiger partial charge in [0.15, 0.2) is 5.78 Å². The van der Waals surface area contributed by atoms with Gasteiger partial charge in [0.1, 0.15) is 5.75 Å². The summed E-state index contributed by atoms with van der Waals surface area (Å²) in [6.45, 7) is 4.57. The second-order valence-corrected chi connectivity index (χ2v) is 7.38. The largest absolute Gasteiger partial charge is 0.496 e. The maximum absolute atomic E-state index is 12.6. The van der Waals surface area contributed by atoms with Gasteiger partial charge >= 0.3 is 0 Å². The molecule has 0 bridgehead atoms. The number of fused-ring (bicyclic) bond motifs is 1. The van der Waals surface area contributed by atoms with Crippen molar-refractivity contribution in [2.24, 2.45) is 0 Å². The zero-order valence-corrected chi connectivity index (χ0v) is 18.3. The Morgan fingerprint density at radius 3 is 2.55 bits per heavy atom. The number of benzene rings is 2. The van der Waals surface area contributed by atoms with E-state index in [9.17, 15) is 9.59 Å². The molecule has 2 aromatic carbocycles. The SMILES string of the molecule is CCCCNC(=O)Cc1cc2c(Nc3ccccc3)c(C(=O)CC)cnc2cc1OC. The number of rotatable bonds is 10. The Hall–Kier alpha value is -3.41. The highest BCUT2D eigenvalue weighted by Gasteiger charge is 2.18. The number of nitrogens with zero attached hydrogens (tertiary/aromatic N) is 1. The van der Waals surface area contributed by atoms with E-state index in [1.54, 1.807) is 13.3 Å². The Labute approximate surface area is 183 Å². The summed E-state index contributed by atoms with van der Waals surface area (Å²) in [7, 11) is 1.58. The van der Waals surface area contributed by atoms with Crippen LogP contribution in [0.4, 0.5) is 11.4 Å². The number of hydrogen-bond donors (Lipinski definition) is 2. The number of ketones is 1. The third-order valence-electron chi connectivity index (χ3n) is 5.14. The minimum Gasteiger partial charge on any atom is -0.496 e. The van der Waals surface area contributed by atoms with Crippen molar-refractivity contribution in [2.45, 2.75) is 39.5 Å². The Morgan fingerprint density at radius 2 is 1.87 bits per heavy atom. The lowest BCUT2D eigenvalue weighted by Crippen LogP contribution is -2.26. The third kappa shape index (κ3) is 5.40. The van der Waals surface area contributed by atoms with E-state index < -0.39 is 0 Å². The lowest BCUT2D eigenvalue weighted by molar-refractivity contribution is -0.120.